The van der Waals surface area contributed by atoms with Crippen LogP contribution in [0.3, 0.4) is 0 Å². The number of benzene rings is 2. The number of hydrogen-bond donors (Lipinski definition) is 1. The summed E-state index contributed by atoms with van der Waals surface area (Å²) in [6.07, 6.45) is 0.752. The van der Waals surface area contributed by atoms with Crippen molar-refractivity contribution in [2.45, 2.75) is 26.4 Å². The lowest BCUT2D eigenvalue weighted by molar-refractivity contribution is 0.188. The van der Waals surface area contributed by atoms with E-state index in [0.717, 1.165) is 12.1 Å². The molecule has 23 heavy (non-hydrogen) atoms. The fourth-order valence-corrected chi connectivity index (χ4v) is 2.56. The number of nitrogens with one attached hydrogen (secondary N) is 1. The van der Waals surface area contributed by atoms with Crippen molar-refractivity contribution in [2.75, 3.05) is 16.8 Å². The van der Waals surface area contributed by atoms with Gasteiger partial charge in [-0.05, 0) is 43.2 Å². The zero-order valence-electron chi connectivity index (χ0n) is 13.2. The van der Waals surface area contributed by atoms with Gasteiger partial charge in [0.15, 0.2) is 0 Å². The van der Waals surface area contributed by atoms with E-state index in [1.54, 1.807) is 24.0 Å². The van der Waals surface area contributed by atoms with Gasteiger partial charge in [-0.2, -0.15) is 0 Å². The average Bonchev–Trinajstić information content (AvgIpc) is 2.57. The van der Waals surface area contributed by atoms with Gasteiger partial charge in [-0.15, -0.1) is 0 Å². The maximum atomic E-state index is 13.6. The molecule has 1 aliphatic heterocycles. The number of carbonyl (C=O) groups is 1. The van der Waals surface area contributed by atoms with E-state index in [0.29, 0.717) is 23.5 Å². The zero-order chi connectivity index (χ0) is 16.4. The molecular formula is C18H19FN2O2. The first-order chi connectivity index (χ1) is 11.1. The number of aryl methyl sites for hydroxylation is 1. The first-order valence-electron chi connectivity index (χ1n) is 7.69. The van der Waals surface area contributed by atoms with E-state index in [1.807, 2.05) is 31.2 Å². The Hall–Kier alpha value is -2.56. The molecule has 5 heteroatoms. The number of rotatable bonds is 2. The van der Waals surface area contributed by atoms with Crippen molar-refractivity contribution >= 4 is 17.4 Å². The van der Waals surface area contributed by atoms with Gasteiger partial charge in [0.25, 0.3) is 0 Å². The van der Waals surface area contributed by atoms with Gasteiger partial charge in [0.2, 0.25) is 0 Å². The fourth-order valence-electron chi connectivity index (χ4n) is 2.56. The van der Waals surface area contributed by atoms with E-state index in [4.69, 9.17) is 4.74 Å². The number of amides is 2. The van der Waals surface area contributed by atoms with E-state index in [9.17, 15) is 9.18 Å². The number of carbonyl (C=O) groups excluding carboxylic acids is 1. The molecule has 0 bridgehead atoms. The molecule has 1 unspecified atom stereocenters. The monoisotopic (exact) mass is 314 g/mol. The predicted molar refractivity (Wildman–Crippen MR) is 88.7 cm³/mol. The number of halogens is 1. The lowest BCUT2D eigenvalue weighted by Gasteiger charge is -2.34. The van der Waals surface area contributed by atoms with Crippen molar-refractivity contribution in [3.63, 3.8) is 0 Å². The summed E-state index contributed by atoms with van der Waals surface area (Å²) < 4.78 is 19.5. The fraction of sp³-hybridized carbons (Fsp3) is 0.278. The summed E-state index contributed by atoms with van der Waals surface area (Å²) in [6, 6.07) is 11.8. The minimum absolute atomic E-state index is 0.0506. The highest BCUT2D eigenvalue weighted by Crippen LogP contribution is 2.34. The van der Waals surface area contributed by atoms with Gasteiger partial charge in [0.1, 0.15) is 17.7 Å². The van der Waals surface area contributed by atoms with Crippen molar-refractivity contribution in [2.24, 2.45) is 0 Å². The van der Waals surface area contributed by atoms with Gasteiger partial charge in [0, 0.05) is 5.69 Å². The Morgan fingerprint density at radius 3 is 2.87 bits per heavy atom. The molecule has 0 aromatic heterocycles. The van der Waals surface area contributed by atoms with E-state index >= 15 is 0 Å². The zero-order valence-corrected chi connectivity index (χ0v) is 13.2. The predicted octanol–water partition coefficient (Wildman–Crippen LogP) is 4.34. The highest BCUT2D eigenvalue weighted by molar-refractivity contribution is 6.03. The van der Waals surface area contributed by atoms with Crippen LogP contribution in [0.2, 0.25) is 0 Å². The van der Waals surface area contributed by atoms with Gasteiger partial charge in [-0.3, -0.25) is 4.90 Å². The van der Waals surface area contributed by atoms with Crippen molar-refractivity contribution in [3.8, 4) is 5.75 Å². The second-order valence-electron chi connectivity index (χ2n) is 5.62. The molecule has 1 N–H and O–H groups in total. The largest absolute Gasteiger partial charge is 0.486 e. The number of ether oxygens (including phenoxy) is 1. The smallest absolute Gasteiger partial charge is 0.326 e. The van der Waals surface area contributed by atoms with E-state index in [2.05, 4.69) is 5.32 Å². The van der Waals surface area contributed by atoms with E-state index < -0.39 is 0 Å². The summed E-state index contributed by atoms with van der Waals surface area (Å²) in [7, 11) is 0. The minimum Gasteiger partial charge on any atom is -0.486 e. The summed E-state index contributed by atoms with van der Waals surface area (Å²) in [5, 5.41) is 2.76. The molecule has 0 aliphatic carbocycles. The molecular weight excluding hydrogens is 295 g/mol. The summed E-state index contributed by atoms with van der Waals surface area (Å²) in [4.78, 5) is 14.3. The number of para-hydroxylation sites is 2. The molecule has 0 saturated heterocycles. The molecule has 120 valence electrons. The maximum Gasteiger partial charge on any atom is 0.326 e. The molecule has 1 aliphatic rings. The van der Waals surface area contributed by atoms with Crippen LogP contribution in [-0.2, 0) is 0 Å². The number of fused-ring (bicyclic) bond motifs is 1. The lowest BCUT2D eigenvalue weighted by atomic mass is 10.1. The van der Waals surface area contributed by atoms with Crippen molar-refractivity contribution in [3.05, 3.63) is 53.8 Å². The maximum absolute atomic E-state index is 13.6. The van der Waals surface area contributed by atoms with Gasteiger partial charge in [0.05, 0.1) is 12.2 Å². The second kappa shape index (κ2) is 6.28. The summed E-state index contributed by atoms with van der Waals surface area (Å²) >= 11 is 0. The van der Waals surface area contributed by atoms with Crippen molar-refractivity contribution in [1.29, 1.82) is 0 Å². The van der Waals surface area contributed by atoms with Gasteiger partial charge in [-0.25, -0.2) is 9.18 Å². The molecule has 1 atom stereocenters. The van der Waals surface area contributed by atoms with Gasteiger partial charge < -0.3 is 10.1 Å². The van der Waals surface area contributed by atoms with Crippen LogP contribution in [0.1, 0.15) is 18.9 Å². The Morgan fingerprint density at radius 2 is 2.13 bits per heavy atom. The second-order valence-corrected chi connectivity index (χ2v) is 5.62. The normalized spacial score (nSPS) is 16.5. The van der Waals surface area contributed by atoms with Crippen molar-refractivity contribution in [1.82, 2.24) is 0 Å². The van der Waals surface area contributed by atoms with E-state index in [-0.39, 0.29) is 18.0 Å². The SMILES string of the molecule is CCC1CN(C(=O)Nc2ccc(C)c(F)c2)c2ccccc2O1. The molecule has 0 saturated carbocycles. The van der Waals surface area contributed by atoms with Crippen molar-refractivity contribution < 1.29 is 13.9 Å². The van der Waals surface area contributed by atoms with Crippen LogP contribution < -0.4 is 15.0 Å². The summed E-state index contributed by atoms with van der Waals surface area (Å²) in [5.74, 6) is 0.354. The Morgan fingerprint density at radius 1 is 1.35 bits per heavy atom. The number of nitrogens with zero attached hydrogens (tertiary/aromatic N) is 1. The Bertz CT molecular complexity index is 733. The third-order valence-electron chi connectivity index (χ3n) is 3.96. The summed E-state index contributed by atoms with van der Waals surface area (Å²) in [6.45, 7) is 4.17. The molecule has 0 radical (unpaired) electrons. The third-order valence-corrected chi connectivity index (χ3v) is 3.96. The minimum atomic E-state index is -0.336. The number of anilines is 2. The Labute approximate surface area is 134 Å². The topological polar surface area (TPSA) is 41.6 Å². The molecule has 4 nitrogen and oxygen atoms in total. The quantitative estimate of drug-likeness (QED) is 0.895. The van der Waals surface area contributed by atoms with Crippen LogP contribution in [0.15, 0.2) is 42.5 Å². The van der Waals surface area contributed by atoms with Crippen LogP contribution in [0.4, 0.5) is 20.6 Å². The van der Waals surface area contributed by atoms with Crippen LogP contribution in [-0.4, -0.2) is 18.7 Å². The molecule has 2 amide bonds. The van der Waals surface area contributed by atoms with Crippen LogP contribution >= 0.6 is 0 Å². The summed E-state index contributed by atoms with van der Waals surface area (Å²) in [5.41, 5.74) is 1.71. The highest BCUT2D eigenvalue weighted by atomic mass is 19.1. The van der Waals surface area contributed by atoms with Crippen LogP contribution in [0, 0.1) is 12.7 Å². The highest BCUT2D eigenvalue weighted by Gasteiger charge is 2.28. The third kappa shape index (κ3) is 3.13. The molecule has 0 spiro atoms. The molecule has 2 aromatic carbocycles. The Balaban J connectivity index is 1.84. The standard InChI is InChI=1S/C18H19FN2O2/c1-3-14-11-21(16-6-4-5-7-17(16)23-14)18(22)20-13-9-8-12(2)15(19)10-13/h4-10,14H,3,11H2,1-2H3,(H,20,22). The van der Waals surface area contributed by atoms with Gasteiger partial charge >= 0.3 is 6.03 Å². The van der Waals surface area contributed by atoms with E-state index in [1.165, 1.54) is 6.07 Å². The average molecular weight is 314 g/mol. The lowest BCUT2D eigenvalue weighted by Crippen LogP contribution is -2.45. The Kier molecular flexibility index (Phi) is 4.19. The molecule has 1 heterocycles. The molecule has 2 aromatic rings. The van der Waals surface area contributed by atoms with Gasteiger partial charge in [-0.1, -0.05) is 25.1 Å². The first-order valence-corrected chi connectivity index (χ1v) is 7.69. The number of urea groups is 1. The van der Waals surface area contributed by atoms with Crippen LogP contribution in [0.25, 0.3) is 0 Å². The first kappa shape index (κ1) is 15.3. The van der Waals surface area contributed by atoms with Crippen LogP contribution in [0.5, 0.6) is 5.75 Å². The molecule has 0 fully saturated rings. The molecule has 3 rings (SSSR count). The number of hydrogen-bond acceptors (Lipinski definition) is 2.